The second-order valence-electron chi connectivity index (χ2n) is 6.57. The highest BCUT2D eigenvalue weighted by Crippen LogP contribution is 2.32. The molecule has 3 aromatic rings. The van der Waals surface area contributed by atoms with Crippen LogP contribution in [0.4, 0.5) is 4.79 Å². The van der Waals surface area contributed by atoms with Gasteiger partial charge in [-0.15, -0.1) is 11.3 Å². The van der Waals surface area contributed by atoms with Gasteiger partial charge in [0.25, 0.3) is 5.56 Å². The van der Waals surface area contributed by atoms with E-state index in [9.17, 15) is 9.59 Å². The molecular formula is C18H19N5O2S. The highest BCUT2D eigenvalue weighted by Gasteiger charge is 2.27. The molecule has 1 aliphatic rings. The van der Waals surface area contributed by atoms with Crippen LogP contribution >= 0.6 is 11.3 Å². The third kappa shape index (κ3) is 2.86. The summed E-state index contributed by atoms with van der Waals surface area (Å²) in [4.78, 5) is 39.0. The molecule has 0 saturated heterocycles. The monoisotopic (exact) mass is 369 g/mol. The van der Waals surface area contributed by atoms with E-state index in [-0.39, 0.29) is 11.6 Å². The molecule has 0 bridgehead atoms. The van der Waals surface area contributed by atoms with Gasteiger partial charge >= 0.3 is 6.03 Å². The molecule has 7 nitrogen and oxygen atoms in total. The lowest BCUT2D eigenvalue weighted by Crippen LogP contribution is -2.41. The fraction of sp³-hybridized carbons (Fsp3) is 0.333. The molecule has 0 radical (unpaired) electrons. The van der Waals surface area contributed by atoms with E-state index in [0.717, 1.165) is 20.8 Å². The van der Waals surface area contributed by atoms with Crippen molar-refractivity contribution in [2.45, 2.75) is 19.5 Å². The van der Waals surface area contributed by atoms with Crippen LogP contribution in [0.5, 0.6) is 0 Å². The number of hydrogen-bond donors (Lipinski definition) is 0. The lowest BCUT2D eigenvalue weighted by molar-refractivity contribution is 0.166. The Morgan fingerprint density at radius 1 is 1.38 bits per heavy atom. The van der Waals surface area contributed by atoms with Crippen molar-refractivity contribution in [3.63, 3.8) is 0 Å². The molecule has 0 aliphatic carbocycles. The van der Waals surface area contributed by atoms with Crippen LogP contribution in [0.1, 0.15) is 16.0 Å². The van der Waals surface area contributed by atoms with Crippen LogP contribution in [-0.4, -0.2) is 51.0 Å². The molecule has 0 saturated carbocycles. The summed E-state index contributed by atoms with van der Waals surface area (Å²) in [5.41, 5.74) is 1.98. The van der Waals surface area contributed by atoms with Gasteiger partial charge in [-0.25, -0.2) is 9.78 Å². The predicted molar refractivity (Wildman–Crippen MR) is 100 cm³/mol. The van der Waals surface area contributed by atoms with E-state index >= 15 is 0 Å². The van der Waals surface area contributed by atoms with E-state index in [1.165, 1.54) is 11.3 Å². The summed E-state index contributed by atoms with van der Waals surface area (Å²) in [5.74, 6) is 0. The molecule has 26 heavy (non-hydrogen) atoms. The van der Waals surface area contributed by atoms with E-state index in [1.54, 1.807) is 42.3 Å². The van der Waals surface area contributed by atoms with Crippen LogP contribution in [-0.2, 0) is 19.5 Å². The molecule has 0 aromatic carbocycles. The number of nitrogens with zero attached hydrogens (tertiary/aromatic N) is 5. The Bertz CT molecular complexity index is 1030. The van der Waals surface area contributed by atoms with Gasteiger partial charge in [0.05, 0.1) is 24.8 Å². The average Bonchev–Trinajstić information content (AvgIpc) is 3.02. The van der Waals surface area contributed by atoms with Crippen molar-refractivity contribution in [2.75, 3.05) is 20.6 Å². The molecule has 3 aromatic heterocycles. The predicted octanol–water partition coefficient (Wildman–Crippen LogP) is 1.94. The maximum atomic E-state index is 13.0. The van der Waals surface area contributed by atoms with Gasteiger partial charge in [0, 0.05) is 37.9 Å². The summed E-state index contributed by atoms with van der Waals surface area (Å²) in [6.45, 7) is 1.60. The molecule has 1 aliphatic heterocycles. The summed E-state index contributed by atoms with van der Waals surface area (Å²) in [5, 5.41) is 0.702. The molecule has 0 fully saturated rings. The van der Waals surface area contributed by atoms with Crippen molar-refractivity contribution in [1.29, 1.82) is 0 Å². The zero-order valence-corrected chi connectivity index (χ0v) is 15.5. The minimum absolute atomic E-state index is 0.00458. The van der Waals surface area contributed by atoms with E-state index in [1.807, 2.05) is 17.0 Å². The normalized spacial score (nSPS) is 13.7. The van der Waals surface area contributed by atoms with Crippen LogP contribution in [0.15, 0.2) is 35.6 Å². The van der Waals surface area contributed by atoms with Gasteiger partial charge in [0.1, 0.15) is 4.83 Å². The number of pyridine rings is 1. The van der Waals surface area contributed by atoms with Gasteiger partial charge in [0.2, 0.25) is 0 Å². The number of carbonyl (C=O) groups is 1. The molecule has 4 rings (SSSR count). The minimum atomic E-state index is -0.0243. The Morgan fingerprint density at radius 2 is 2.23 bits per heavy atom. The maximum Gasteiger partial charge on any atom is 0.319 e. The van der Waals surface area contributed by atoms with Crippen molar-refractivity contribution in [1.82, 2.24) is 24.3 Å². The van der Waals surface area contributed by atoms with Crippen molar-refractivity contribution in [3.8, 4) is 0 Å². The Morgan fingerprint density at radius 3 is 2.96 bits per heavy atom. The van der Waals surface area contributed by atoms with Crippen LogP contribution < -0.4 is 5.56 Å². The van der Waals surface area contributed by atoms with Crippen LogP contribution in [0, 0.1) is 0 Å². The van der Waals surface area contributed by atoms with Crippen LogP contribution in [0.3, 0.4) is 0 Å². The Kier molecular flexibility index (Phi) is 4.20. The number of hydrogen-bond acceptors (Lipinski definition) is 5. The zero-order valence-electron chi connectivity index (χ0n) is 14.7. The van der Waals surface area contributed by atoms with E-state index in [2.05, 4.69) is 9.97 Å². The number of fused-ring (bicyclic) bond motifs is 3. The second-order valence-corrected chi connectivity index (χ2v) is 7.66. The highest BCUT2D eigenvalue weighted by molar-refractivity contribution is 7.18. The van der Waals surface area contributed by atoms with Crippen LogP contribution in [0.25, 0.3) is 10.2 Å². The lowest BCUT2D eigenvalue weighted by Gasteiger charge is -2.29. The summed E-state index contributed by atoms with van der Waals surface area (Å²) >= 11 is 1.51. The Labute approximate surface area is 154 Å². The number of aromatic nitrogens is 3. The van der Waals surface area contributed by atoms with Gasteiger partial charge in [-0.05, 0) is 23.6 Å². The first-order valence-electron chi connectivity index (χ1n) is 8.39. The van der Waals surface area contributed by atoms with Crippen LogP contribution in [0.2, 0.25) is 0 Å². The van der Waals surface area contributed by atoms with Gasteiger partial charge in [-0.2, -0.15) is 0 Å². The topological polar surface area (TPSA) is 71.3 Å². The quantitative estimate of drug-likeness (QED) is 0.692. The third-order valence-electron chi connectivity index (χ3n) is 4.56. The van der Waals surface area contributed by atoms with E-state index in [0.29, 0.717) is 31.4 Å². The van der Waals surface area contributed by atoms with Crippen molar-refractivity contribution in [2.24, 2.45) is 0 Å². The highest BCUT2D eigenvalue weighted by atomic mass is 32.1. The van der Waals surface area contributed by atoms with Gasteiger partial charge in [0.15, 0.2) is 0 Å². The minimum Gasteiger partial charge on any atom is -0.331 e. The van der Waals surface area contributed by atoms with Gasteiger partial charge < -0.3 is 9.80 Å². The standard InChI is InChI=1S/C18H19N5O2S/c1-21(2)18(25)22-7-5-13-14(10-22)26-16-15(13)17(24)23(11-20-16)9-12-4-3-6-19-8-12/h3-4,6,8,11H,5,7,9-10H2,1-2H3. The first-order valence-corrected chi connectivity index (χ1v) is 9.21. The number of urea groups is 1. The number of carbonyl (C=O) groups excluding carboxylic acids is 1. The van der Waals surface area contributed by atoms with Crippen molar-refractivity contribution in [3.05, 3.63) is 57.2 Å². The third-order valence-corrected chi connectivity index (χ3v) is 5.68. The van der Waals surface area contributed by atoms with E-state index < -0.39 is 0 Å². The second kappa shape index (κ2) is 6.53. The molecule has 4 heterocycles. The summed E-state index contributed by atoms with van der Waals surface area (Å²) in [7, 11) is 3.50. The fourth-order valence-electron chi connectivity index (χ4n) is 3.27. The van der Waals surface area contributed by atoms with Gasteiger partial charge in [-0.1, -0.05) is 6.07 Å². The maximum absolute atomic E-state index is 13.0. The molecular weight excluding hydrogens is 350 g/mol. The number of rotatable bonds is 2. The largest absolute Gasteiger partial charge is 0.331 e. The molecule has 0 atom stereocenters. The summed E-state index contributed by atoms with van der Waals surface area (Å²) < 4.78 is 1.63. The zero-order chi connectivity index (χ0) is 18.3. The van der Waals surface area contributed by atoms with Crippen molar-refractivity contribution >= 4 is 27.6 Å². The number of thiophene rings is 1. The van der Waals surface area contributed by atoms with E-state index in [4.69, 9.17) is 0 Å². The fourth-order valence-corrected chi connectivity index (χ4v) is 4.46. The smallest absolute Gasteiger partial charge is 0.319 e. The molecule has 8 heteroatoms. The summed E-state index contributed by atoms with van der Waals surface area (Å²) in [6.07, 6.45) is 5.75. The molecule has 2 amide bonds. The first-order chi connectivity index (χ1) is 12.5. The lowest BCUT2D eigenvalue weighted by atomic mass is 10.1. The summed E-state index contributed by atoms with van der Waals surface area (Å²) in [6, 6.07) is 3.79. The van der Waals surface area contributed by atoms with Gasteiger partial charge in [-0.3, -0.25) is 14.3 Å². The Balaban J connectivity index is 1.71. The van der Waals surface area contributed by atoms with Crippen molar-refractivity contribution < 1.29 is 4.79 Å². The molecule has 0 N–H and O–H groups in total. The molecule has 0 spiro atoms. The first kappa shape index (κ1) is 16.7. The SMILES string of the molecule is CN(C)C(=O)N1CCc2c(sc3ncn(Cc4cccnc4)c(=O)c23)C1. The number of amides is 2. The Hall–Kier alpha value is -2.74. The average molecular weight is 369 g/mol. The molecule has 134 valence electrons. The molecule has 0 unspecified atom stereocenters.